The van der Waals surface area contributed by atoms with Crippen LogP contribution in [0.3, 0.4) is 0 Å². The van der Waals surface area contributed by atoms with Crippen molar-refractivity contribution in [3.8, 4) is 61.8 Å². The zero-order valence-corrected chi connectivity index (χ0v) is 31.7. The van der Waals surface area contributed by atoms with E-state index in [-0.39, 0.29) is 0 Å². The highest BCUT2D eigenvalue weighted by Crippen LogP contribution is 2.45. The molecule has 0 fully saturated rings. The zero-order valence-electron chi connectivity index (χ0n) is 31.7. The highest BCUT2D eigenvalue weighted by molar-refractivity contribution is 6.11. The van der Waals surface area contributed by atoms with Crippen molar-refractivity contribution in [2.75, 3.05) is 0 Å². The molecule has 0 amide bonds. The SMILES string of the molecule is Cc1ccc(-c2cc(-c3nc(-c4ccccc4)cc(-c4ccccc4)n3)cc(-c3ccc(C(F)(F)F)cc3)c2-n2c3ccc(C)cc3c3cc(C(F)(F)F)ccc32)cc1. The molecule has 0 radical (unpaired) electrons. The van der Waals surface area contributed by atoms with Crippen LogP contribution in [0.4, 0.5) is 26.3 Å². The third-order valence-electron chi connectivity index (χ3n) is 10.6. The summed E-state index contributed by atoms with van der Waals surface area (Å²) in [5.41, 5.74) is 8.07. The van der Waals surface area contributed by atoms with Gasteiger partial charge in [0.1, 0.15) is 0 Å². The second-order valence-electron chi connectivity index (χ2n) is 14.6. The summed E-state index contributed by atoms with van der Waals surface area (Å²) in [6, 6.07) is 47.3. The minimum absolute atomic E-state index is 0.381. The maximum absolute atomic E-state index is 14.2. The van der Waals surface area contributed by atoms with Gasteiger partial charge in [0.15, 0.2) is 5.82 Å². The maximum atomic E-state index is 14.2. The molecule has 0 atom stereocenters. The van der Waals surface area contributed by atoms with Crippen molar-refractivity contribution in [1.82, 2.24) is 14.5 Å². The predicted molar refractivity (Wildman–Crippen MR) is 223 cm³/mol. The predicted octanol–water partition coefficient (Wildman–Crippen LogP) is 14.6. The lowest BCUT2D eigenvalue weighted by Gasteiger charge is -2.21. The Balaban J connectivity index is 1.42. The van der Waals surface area contributed by atoms with Gasteiger partial charge in [-0.05, 0) is 85.6 Å². The van der Waals surface area contributed by atoms with Crippen molar-refractivity contribution in [1.29, 1.82) is 0 Å². The van der Waals surface area contributed by atoms with Gasteiger partial charge in [0.25, 0.3) is 0 Å². The Hall–Kier alpha value is -7.00. The molecule has 59 heavy (non-hydrogen) atoms. The Kier molecular flexibility index (Phi) is 9.19. The summed E-state index contributed by atoms with van der Waals surface area (Å²) in [5.74, 6) is 0.381. The van der Waals surface area contributed by atoms with Gasteiger partial charge in [-0.2, -0.15) is 26.3 Å². The summed E-state index contributed by atoms with van der Waals surface area (Å²) in [5, 5.41) is 0.997. The van der Waals surface area contributed by atoms with E-state index < -0.39 is 23.5 Å². The molecule has 0 saturated heterocycles. The first-order chi connectivity index (χ1) is 28.3. The first-order valence-electron chi connectivity index (χ1n) is 18.9. The summed E-state index contributed by atoms with van der Waals surface area (Å²) in [6.07, 6.45) is -9.16. The van der Waals surface area contributed by atoms with Crippen LogP contribution in [0.15, 0.2) is 164 Å². The molecule has 0 aliphatic carbocycles. The maximum Gasteiger partial charge on any atom is 0.416 e. The average Bonchev–Trinajstić information content (AvgIpc) is 3.55. The lowest BCUT2D eigenvalue weighted by atomic mass is 9.91. The molecule has 9 rings (SSSR count). The number of alkyl halides is 6. The molecule has 9 aromatic rings. The van der Waals surface area contributed by atoms with Crippen molar-refractivity contribution in [3.05, 3.63) is 186 Å². The topological polar surface area (TPSA) is 30.7 Å². The molecule has 0 spiro atoms. The molecule has 3 nitrogen and oxygen atoms in total. The zero-order chi connectivity index (χ0) is 41.1. The highest BCUT2D eigenvalue weighted by Gasteiger charge is 2.33. The van der Waals surface area contributed by atoms with Crippen LogP contribution in [0, 0.1) is 13.8 Å². The van der Waals surface area contributed by atoms with E-state index in [9.17, 15) is 26.3 Å². The molecule has 2 heterocycles. The van der Waals surface area contributed by atoms with Gasteiger partial charge in [0.05, 0.1) is 39.2 Å². The van der Waals surface area contributed by atoms with Crippen molar-refractivity contribution in [2.45, 2.75) is 26.2 Å². The molecule has 9 heteroatoms. The molecule has 0 bridgehead atoms. The number of benzene rings is 7. The minimum atomic E-state index is -4.58. The van der Waals surface area contributed by atoms with Gasteiger partial charge in [-0.1, -0.05) is 114 Å². The summed E-state index contributed by atoms with van der Waals surface area (Å²) < 4.78 is 86.5. The Morgan fingerprint density at radius 2 is 0.864 bits per heavy atom. The molecule has 0 aliphatic heterocycles. The van der Waals surface area contributed by atoms with Gasteiger partial charge in [-0.3, -0.25) is 0 Å². The van der Waals surface area contributed by atoms with E-state index in [0.717, 1.165) is 46.0 Å². The lowest BCUT2D eigenvalue weighted by molar-refractivity contribution is -0.138. The largest absolute Gasteiger partial charge is 0.416 e. The summed E-state index contributed by atoms with van der Waals surface area (Å²) in [6.45, 7) is 3.85. The van der Waals surface area contributed by atoms with Crippen LogP contribution in [0.25, 0.3) is 83.6 Å². The Morgan fingerprint density at radius 1 is 0.407 bits per heavy atom. The number of aryl methyl sites for hydroxylation is 2. The smallest absolute Gasteiger partial charge is 0.308 e. The van der Waals surface area contributed by atoms with Gasteiger partial charge in [0.2, 0.25) is 0 Å². The van der Waals surface area contributed by atoms with Crippen LogP contribution < -0.4 is 0 Å². The van der Waals surface area contributed by atoms with Gasteiger partial charge >= 0.3 is 12.4 Å². The Labute approximate surface area is 335 Å². The fourth-order valence-electron chi connectivity index (χ4n) is 7.66. The molecule has 290 valence electrons. The number of hydrogen-bond acceptors (Lipinski definition) is 2. The molecule has 0 aliphatic rings. The Morgan fingerprint density at radius 3 is 1.39 bits per heavy atom. The number of halogens is 6. The number of fused-ring (bicyclic) bond motifs is 3. The van der Waals surface area contributed by atoms with Crippen LogP contribution in [-0.2, 0) is 12.4 Å². The summed E-state index contributed by atoms with van der Waals surface area (Å²) in [7, 11) is 0. The van der Waals surface area contributed by atoms with Gasteiger partial charge in [-0.15, -0.1) is 0 Å². The monoisotopic (exact) mass is 789 g/mol. The number of hydrogen-bond donors (Lipinski definition) is 0. The molecule has 2 aromatic heterocycles. The van der Waals surface area contributed by atoms with Crippen molar-refractivity contribution < 1.29 is 26.3 Å². The fraction of sp³-hybridized carbons (Fsp3) is 0.0800. The molecular weight excluding hydrogens is 757 g/mol. The fourth-order valence-corrected chi connectivity index (χ4v) is 7.66. The van der Waals surface area contributed by atoms with E-state index in [1.165, 1.54) is 24.3 Å². The summed E-state index contributed by atoms with van der Waals surface area (Å²) >= 11 is 0. The molecule has 0 saturated carbocycles. The van der Waals surface area contributed by atoms with Crippen molar-refractivity contribution >= 4 is 21.8 Å². The van der Waals surface area contributed by atoms with Crippen LogP contribution in [-0.4, -0.2) is 14.5 Å². The first-order valence-corrected chi connectivity index (χ1v) is 18.9. The highest BCUT2D eigenvalue weighted by atomic mass is 19.4. The van der Waals surface area contributed by atoms with E-state index in [4.69, 9.17) is 9.97 Å². The van der Waals surface area contributed by atoms with E-state index in [1.807, 2.05) is 140 Å². The lowest BCUT2D eigenvalue weighted by Crippen LogP contribution is -2.06. The molecular formula is C50H33F6N3. The molecule has 0 N–H and O–H groups in total. The third kappa shape index (κ3) is 7.14. The van der Waals surface area contributed by atoms with Gasteiger partial charge in [-0.25, -0.2) is 9.97 Å². The van der Waals surface area contributed by atoms with E-state index in [2.05, 4.69) is 0 Å². The van der Waals surface area contributed by atoms with E-state index in [1.54, 1.807) is 0 Å². The standard InChI is InChI=1S/C50H33F6N3/c1-30-13-16-32(17-14-30)39-26-36(48-57-43(34-9-5-3-6-10-34)29-44(58-48)35-11-7-4-8-12-35)27-40(33-18-20-37(21-19-33)49(51,52)53)47(39)59-45-23-15-31(2)25-41(45)42-28-38(50(54,55)56)22-24-46(42)59/h3-29H,1-2H3. The number of nitrogens with zero attached hydrogens (tertiary/aromatic N) is 3. The van der Waals surface area contributed by atoms with E-state index in [0.29, 0.717) is 67.0 Å². The van der Waals surface area contributed by atoms with Gasteiger partial charge in [0, 0.05) is 38.6 Å². The first kappa shape index (κ1) is 37.6. The minimum Gasteiger partial charge on any atom is -0.308 e. The van der Waals surface area contributed by atoms with Crippen LogP contribution in [0.1, 0.15) is 22.3 Å². The average molecular weight is 790 g/mol. The van der Waals surface area contributed by atoms with Crippen LogP contribution >= 0.6 is 0 Å². The van der Waals surface area contributed by atoms with Crippen molar-refractivity contribution in [3.63, 3.8) is 0 Å². The van der Waals surface area contributed by atoms with Gasteiger partial charge < -0.3 is 4.57 Å². The second-order valence-corrected chi connectivity index (χ2v) is 14.6. The normalized spacial score (nSPS) is 12.1. The van der Waals surface area contributed by atoms with Crippen LogP contribution in [0.5, 0.6) is 0 Å². The Bertz CT molecular complexity index is 2950. The van der Waals surface area contributed by atoms with Crippen molar-refractivity contribution in [2.24, 2.45) is 0 Å². The molecule has 7 aromatic carbocycles. The number of rotatable bonds is 6. The second kappa shape index (κ2) is 14.4. The number of aromatic nitrogens is 3. The molecule has 0 unspecified atom stereocenters. The quantitative estimate of drug-likeness (QED) is 0.157. The van der Waals surface area contributed by atoms with Crippen LogP contribution in [0.2, 0.25) is 0 Å². The van der Waals surface area contributed by atoms with E-state index >= 15 is 0 Å². The third-order valence-corrected chi connectivity index (χ3v) is 10.6. The summed E-state index contributed by atoms with van der Waals surface area (Å²) in [4.78, 5) is 10.2.